The Bertz CT molecular complexity index is 1580. The quantitative estimate of drug-likeness (QED) is 0.360. The minimum absolute atomic E-state index is 0.129. The van der Waals surface area contributed by atoms with Crippen LogP contribution in [0.25, 0.3) is 32.5 Å². The second kappa shape index (κ2) is 7.21. The average Bonchev–Trinajstić information content (AvgIpc) is 3.25. The Kier molecular flexibility index (Phi) is 4.36. The molecule has 2 aromatic heterocycles. The fourth-order valence-electron chi connectivity index (χ4n) is 3.68. The molecule has 0 unspecified atom stereocenters. The molecule has 7 heteroatoms. The Hall–Kier alpha value is -4.26. The van der Waals surface area contributed by atoms with E-state index in [9.17, 15) is 9.59 Å². The molecule has 1 N–H and O–H groups in total. The number of hydrogen-bond donors (Lipinski definition) is 1. The maximum Gasteiger partial charge on any atom is 0.292 e. The van der Waals surface area contributed by atoms with Crippen LogP contribution in [0.15, 0.2) is 81.0 Å². The van der Waals surface area contributed by atoms with Crippen LogP contribution in [-0.4, -0.2) is 21.4 Å². The largest absolute Gasteiger partial charge is 0.455 e. The summed E-state index contributed by atoms with van der Waals surface area (Å²) in [5.74, 6) is 0.0534. The molecule has 0 radical (unpaired) electrons. The SMILES string of the molecule is C/C(=N/NC(=O)c1nn(C)c(=O)c2ccccc12)c1cc2c(ccc3ccccc32)o1. The highest BCUT2D eigenvalue weighted by atomic mass is 16.3. The number of benzene rings is 3. The molecule has 1 amide bonds. The first-order chi connectivity index (χ1) is 15.0. The second-order valence-electron chi connectivity index (χ2n) is 7.27. The van der Waals surface area contributed by atoms with Gasteiger partial charge >= 0.3 is 0 Å². The van der Waals surface area contributed by atoms with Crippen LogP contribution in [0.4, 0.5) is 0 Å². The molecule has 2 heterocycles. The van der Waals surface area contributed by atoms with Gasteiger partial charge in [-0.15, -0.1) is 0 Å². The minimum atomic E-state index is -0.507. The van der Waals surface area contributed by atoms with Crippen molar-refractivity contribution >= 4 is 44.1 Å². The first-order valence-electron chi connectivity index (χ1n) is 9.75. The van der Waals surface area contributed by atoms with E-state index < -0.39 is 5.91 Å². The number of nitrogens with one attached hydrogen (secondary N) is 1. The Balaban J connectivity index is 1.49. The first-order valence-corrected chi connectivity index (χ1v) is 9.75. The predicted molar refractivity (Wildman–Crippen MR) is 120 cm³/mol. The van der Waals surface area contributed by atoms with Gasteiger partial charge in [-0.05, 0) is 35.9 Å². The molecule has 5 aromatic rings. The number of aromatic nitrogens is 2. The molecule has 0 fully saturated rings. The number of carbonyl (C=O) groups is 1. The number of rotatable bonds is 3. The number of fused-ring (bicyclic) bond motifs is 4. The number of furan rings is 1. The summed E-state index contributed by atoms with van der Waals surface area (Å²) in [6.45, 7) is 1.76. The van der Waals surface area contributed by atoms with Crippen molar-refractivity contribution in [2.24, 2.45) is 12.1 Å². The monoisotopic (exact) mass is 410 g/mol. The molecule has 0 atom stereocenters. The normalized spacial score (nSPS) is 12.0. The number of carbonyl (C=O) groups excluding carboxylic acids is 1. The number of hydrogen-bond acceptors (Lipinski definition) is 5. The van der Waals surface area contributed by atoms with Crippen LogP contribution in [0, 0.1) is 0 Å². The summed E-state index contributed by atoms with van der Waals surface area (Å²) in [7, 11) is 1.51. The van der Waals surface area contributed by atoms with Crippen LogP contribution in [0.1, 0.15) is 23.2 Å². The Labute approximate surface area is 176 Å². The van der Waals surface area contributed by atoms with E-state index in [1.165, 1.54) is 7.05 Å². The zero-order valence-corrected chi connectivity index (χ0v) is 16.9. The molecule has 0 aliphatic rings. The van der Waals surface area contributed by atoms with Crippen molar-refractivity contribution in [2.45, 2.75) is 6.92 Å². The number of nitrogens with zero attached hydrogens (tertiary/aromatic N) is 3. The van der Waals surface area contributed by atoms with Crippen molar-refractivity contribution in [3.05, 3.63) is 88.5 Å². The van der Waals surface area contributed by atoms with E-state index in [4.69, 9.17) is 4.42 Å². The molecule has 7 nitrogen and oxygen atoms in total. The van der Waals surface area contributed by atoms with Gasteiger partial charge < -0.3 is 4.42 Å². The third-order valence-corrected chi connectivity index (χ3v) is 5.28. The van der Waals surface area contributed by atoms with Gasteiger partial charge in [0.15, 0.2) is 11.5 Å². The van der Waals surface area contributed by atoms with Gasteiger partial charge in [-0.3, -0.25) is 9.59 Å². The van der Waals surface area contributed by atoms with Gasteiger partial charge in [-0.25, -0.2) is 10.1 Å². The third kappa shape index (κ3) is 3.16. The molecule has 0 saturated carbocycles. The third-order valence-electron chi connectivity index (χ3n) is 5.28. The standard InChI is InChI=1S/C24H18N4O3/c1-14(21-13-19-16-8-4-3-7-15(16)11-12-20(19)31-21)25-26-23(29)22-17-9-5-6-10-18(17)24(30)28(2)27-22/h3-13H,1-2H3,(H,26,29)/b25-14-. The van der Waals surface area contributed by atoms with Crippen molar-refractivity contribution in [3.63, 3.8) is 0 Å². The highest BCUT2D eigenvalue weighted by Crippen LogP contribution is 2.28. The lowest BCUT2D eigenvalue weighted by Gasteiger charge is -2.07. The molecular formula is C24H18N4O3. The zero-order chi connectivity index (χ0) is 21.5. The van der Waals surface area contributed by atoms with Gasteiger partial charge in [0.1, 0.15) is 11.3 Å². The molecule has 152 valence electrons. The molecule has 5 rings (SSSR count). The Morgan fingerprint density at radius 3 is 2.48 bits per heavy atom. The van der Waals surface area contributed by atoms with Gasteiger partial charge in [0.2, 0.25) is 0 Å². The molecular weight excluding hydrogens is 392 g/mol. The van der Waals surface area contributed by atoms with Gasteiger partial charge in [0.05, 0.1) is 5.39 Å². The summed E-state index contributed by atoms with van der Waals surface area (Å²) in [4.78, 5) is 25.0. The summed E-state index contributed by atoms with van der Waals surface area (Å²) >= 11 is 0. The highest BCUT2D eigenvalue weighted by molar-refractivity contribution is 6.10. The van der Waals surface area contributed by atoms with Crippen LogP contribution in [0.2, 0.25) is 0 Å². The van der Waals surface area contributed by atoms with Crippen LogP contribution in [0.5, 0.6) is 0 Å². The second-order valence-corrected chi connectivity index (χ2v) is 7.27. The fourth-order valence-corrected chi connectivity index (χ4v) is 3.68. The smallest absolute Gasteiger partial charge is 0.292 e. The maximum absolute atomic E-state index is 12.8. The van der Waals surface area contributed by atoms with E-state index in [0.29, 0.717) is 22.2 Å². The van der Waals surface area contributed by atoms with Crippen LogP contribution in [0.3, 0.4) is 0 Å². The summed E-state index contributed by atoms with van der Waals surface area (Å²) in [5.41, 5.74) is 3.66. The van der Waals surface area contributed by atoms with E-state index in [1.807, 2.05) is 42.5 Å². The van der Waals surface area contributed by atoms with Crippen LogP contribution in [-0.2, 0) is 7.05 Å². The minimum Gasteiger partial charge on any atom is -0.455 e. The van der Waals surface area contributed by atoms with E-state index >= 15 is 0 Å². The fraction of sp³-hybridized carbons (Fsp3) is 0.0833. The lowest BCUT2D eigenvalue weighted by Crippen LogP contribution is -2.27. The van der Waals surface area contributed by atoms with Gasteiger partial charge in [0, 0.05) is 17.8 Å². The van der Waals surface area contributed by atoms with Crippen LogP contribution >= 0.6 is 0 Å². The van der Waals surface area contributed by atoms with E-state index in [1.54, 1.807) is 31.2 Å². The van der Waals surface area contributed by atoms with Crippen molar-refractivity contribution in [1.29, 1.82) is 0 Å². The molecule has 0 saturated heterocycles. The molecule has 3 aromatic carbocycles. The maximum atomic E-state index is 12.8. The predicted octanol–water partition coefficient (Wildman–Crippen LogP) is 3.99. The van der Waals surface area contributed by atoms with Crippen molar-refractivity contribution < 1.29 is 9.21 Å². The Morgan fingerprint density at radius 1 is 0.968 bits per heavy atom. The van der Waals surface area contributed by atoms with Crippen molar-refractivity contribution in [2.75, 3.05) is 0 Å². The Morgan fingerprint density at radius 2 is 1.68 bits per heavy atom. The van der Waals surface area contributed by atoms with Crippen LogP contribution < -0.4 is 11.0 Å². The summed E-state index contributed by atoms with van der Waals surface area (Å²) < 4.78 is 7.09. The average molecular weight is 410 g/mol. The van der Waals surface area contributed by atoms with Crippen molar-refractivity contribution in [3.8, 4) is 0 Å². The van der Waals surface area contributed by atoms with Crippen molar-refractivity contribution in [1.82, 2.24) is 15.2 Å². The summed E-state index contributed by atoms with van der Waals surface area (Å²) in [6, 6.07) is 20.8. The van der Waals surface area contributed by atoms with Gasteiger partial charge in [-0.1, -0.05) is 48.5 Å². The summed E-state index contributed by atoms with van der Waals surface area (Å²) in [5, 5.41) is 12.4. The topological polar surface area (TPSA) is 89.5 Å². The number of aryl methyl sites for hydroxylation is 1. The molecule has 31 heavy (non-hydrogen) atoms. The van der Waals surface area contributed by atoms with Gasteiger partial charge in [-0.2, -0.15) is 10.2 Å². The summed E-state index contributed by atoms with van der Waals surface area (Å²) in [6.07, 6.45) is 0. The molecule has 0 bridgehead atoms. The van der Waals surface area contributed by atoms with E-state index in [0.717, 1.165) is 26.4 Å². The first kappa shape index (κ1) is 18.7. The zero-order valence-electron chi connectivity index (χ0n) is 16.9. The number of amides is 1. The molecule has 0 aliphatic carbocycles. The lowest BCUT2D eigenvalue weighted by atomic mass is 10.1. The highest BCUT2D eigenvalue weighted by Gasteiger charge is 2.16. The number of hydrazone groups is 1. The van der Waals surface area contributed by atoms with E-state index in [-0.39, 0.29) is 11.3 Å². The van der Waals surface area contributed by atoms with Gasteiger partial charge in [0.25, 0.3) is 11.5 Å². The van der Waals surface area contributed by atoms with E-state index in [2.05, 4.69) is 15.6 Å². The molecule has 0 spiro atoms. The lowest BCUT2D eigenvalue weighted by molar-refractivity contribution is 0.0949. The molecule has 0 aliphatic heterocycles.